The molecule has 1 heterocycles. The van der Waals surface area contributed by atoms with E-state index in [1.54, 1.807) is 0 Å². The third kappa shape index (κ3) is 2.61. The van der Waals surface area contributed by atoms with Crippen LogP contribution in [0.5, 0.6) is 0 Å². The number of hydrogen-bond donors (Lipinski definition) is 2. The second kappa shape index (κ2) is 5.90. The molecule has 0 bridgehead atoms. The van der Waals surface area contributed by atoms with Crippen molar-refractivity contribution < 1.29 is 14.7 Å². The van der Waals surface area contributed by atoms with Crippen LogP contribution in [-0.2, 0) is 9.59 Å². The van der Waals surface area contributed by atoms with E-state index < -0.39 is 17.0 Å². The SMILES string of the molecule is CCCC1(C(=O)O)CCCN1C(=O)C(N)(CC)CC. The van der Waals surface area contributed by atoms with Gasteiger partial charge in [0.1, 0.15) is 5.54 Å². The first-order valence-electron chi connectivity index (χ1n) is 7.22. The number of nitrogens with zero attached hydrogens (tertiary/aromatic N) is 1. The lowest BCUT2D eigenvalue weighted by atomic mass is 9.86. The lowest BCUT2D eigenvalue weighted by Gasteiger charge is -2.40. The molecule has 19 heavy (non-hydrogen) atoms. The Morgan fingerprint density at radius 1 is 1.32 bits per heavy atom. The van der Waals surface area contributed by atoms with Crippen LogP contribution in [0.4, 0.5) is 0 Å². The molecule has 1 saturated heterocycles. The highest BCUT2D eigenvalue weighted by atomic mass is 16.4. The summed E-state index contributed by atoms with van der Waals surface area (Å²) < 4.78 is 0. The fourth-order valence-electron chi connectivity index (χ4n) is 3.00. The molecular weight excluding hydrogens is 244 g/mol. The zero-order valence-electron chi connectivity index (χ0n) is 12.2. The first-order chi connectivity index (χ1) is 8.88. The summed E-state index contributed by atoms with van der Waals surface area (Å²) in [6, 6.07) is 0. The molecule has 0 spiro atoms. The van der Waals surface area contributed by atoms with Crippen LogP contribution in [0, 0.1) is 0 Å². The summed E-state index contributed by atoms with van der Waals surface area (Å²) in [7, 11) is 0. The minimum absolute atomic E-state index is 0.203. The van der Waals surface area contributed by atoms with Crippen LogP contribution in [0.25, 0.3) is 0 Å². The average molecular weight is 270 g/mol. The largest absolute Gasteiger partial charge is 0.479 e. The van der Waals surface area contributed by atoms with Gasteiger partial charge in [0.05, 0.1) is 5.54 Å². The molecule has 1 unspecified atom stereocenters. The normalized spacial score (nSPS) is 23.7. The molecule has 1 atom stereocenters. The second-order valence-corrected chi connectivity index (χ2v) is 5.51. The van der Waals surface area contributed by atoms with E-state index in [9.17, 15) is 14.7 Å². The number of aliphatic carboxylic acids is 1. The Balaban J connectivity index is 3.10. The van der Waals surface area contributed by atoms with Crippen molar-refractivity contribution in [2.24, 2.45) is 5.73 Å². The Hall–Kier alpha value is -1.10. The Labute approximate surface area is 115 Å². The molecule has 1 rings (SSSR count). The lowest BCUT2D eigenvalue weighted by molar-refractivity contribution is -0.159. The Morgan fingerprint density at radius 2 is 1.89 bits per heavy atom. The smallest absolute Gasteiger partial charge is 0.329 e. The summed E-state index contributed by atoms with van der Waals surface area (Å²) in [6.45, 7) is 6.20. The molecule has 5 heteroatoms. The maximum atomic E-state index is 12.7. The van der Waals surface area contributed by atoms with Crippen LogP contribution in [0.3, 0.4) is 0 Å². The number of carbonyl (C=O) groups excluding carboxylic acids is 1. The van der Waals surface area contributed by atoms with Crippen LogP contribution in [0.15, 0.2) is 0 Å². The molecule has 3 N–H and O–H groups in total. The molecule has 5 nitrogen and oxygen atoms in total. The van der Waals surface area contributed by atoms with Crippen LogP contribution < -0.4 is 5.73 Å². The quantitative estimate of drug-likeness (QED) is 0.770. The van der Waals surface area contributed by atoms with Gasteiger partial charge in [-0.15, -0.1) is 0 Å². The second-order valence-electron chi connectivity index (χ2n) is 5.51. The van der Waals surface area contributed by atoms with E-state index >= 15 is 0 Å². The highest BCUT2D eigenvalue weighted by Crippen LogP contribution is 2.36. The van der Waals surface area contributed by atoms with Gasteiger partial charge in [0, 0.05) is 6.54 Å². The summed E-state index contributed by atoms with van der Waals surface area (Å²) >= 11 is 0. The Morgan fingerprint density at radius 3 is 2.32 bits per heavy atom. The third-order valence-corrected chi connectivity index (χ3v) is 4.48. The number of likely N-dealkylation sites (tertiary alicyclic amines) is 1. The van der Waals surface area contributed by atoms with Gasteiger partial charge < -0.3 is 15.7 Å². The molecule has 0 radical (unpaired) electrons. The summed E-state index contributed by atoms with van der Waals surface area (Å²) in [4.78, 5) is 25.9. The fraction of sp³-hybridized carbons (Fsp3) is 0.857. The summed E-state index contributed by atoms with van der Waals surface area (Å²) in [5, 5.41) is 9.59. The number of amides is 1. The highest BCUT2D eigenvalue weighted by Gasteiger charge is 2.52. The van der Waals surface area contributed by atoms with E-state index in [0.717, 1.165) is 12.8 Å². The fourth-order valence-corrected chi connectivity index (χ4v) is 3.00. The zero-order chi connectivity index (χ0) is 14.7. The lowest BCUT2D eigenvalue weighted by Crippen LogP contribution is -2.62. The minimum Gasteiger partial charge on any atom is -0.479 e. The molecular formula is C14H26N2O3. The molecule has 1 fully saturated rings. The molecule has 0 saturated carbocycles. The zero-order valence-corrected chi connectivity index (χ0v) is 12.2. The van der Waals surface area contributed by atoms with Crippen molar-refractivity contribution in [3.63, 3.8) is 0 Å². The van der Waals surface area contributed by atoms with Gasteiger partial charge in [-0.3, -0.25) is 4.79 Å². The average Bonchev–Trinajstić information content (AvgIpc) is 2.82. The van der Waals surface area contributed by atoms with E-state index in [1.165, 1.54) is 4.90 Å². The van der Waals surface area contributed by atoms with Gasteiger partial charge in [-0.1, -0.05) is 27.2 Å². The topological polar surface area (TPSA) is 83.6 Å². The standard InChI is InChI=1S/C14H26N2O3/c1-4-8-14(12(18)19)9-7-10-16(14)11(17)13(15,5-2)6-3/h4-10,15H2,1-3H3,(H,18,19). The van der Waals surface area contributed by atoms with E-state index in [1.807, 2.05) is 20.8 Å². The first-order valence-corrected chi connectivity index (χ1v) is 7.22. The number of nitrogens with two attached hydrogens (primary N) is 1. The third-order valence-electron chi connectivity index (χ3n) is 4.48. The van der Waals surface area contributed by atoms with Crippen molar-refractivity contribution in [1.82, 2.24) is 4.90 Å². The first kappa shape index (κ1) is 16.0. The van der Waals surface area contributed by atoms with E-state index in [4.69, 9.17) is 5.73 Å². The van der Waals surface area contributed by atoms with Crippen molar-refractivity contribution >= 4 is 11.9 Å². The van der Waals surface area contributed by atoms with Crippen LogP contribution in [-0.4, -0.2) is 39.5 Å². The van der Waals surface area contributed by atoms with Gasteiger partial charge in [0.25, 0.3) is 0 Å². The molecule has 0 aromatic heterocycles. The van der Waals surface area contributed by atoms with Crippen molar-refractivity contribution in [2.45, 2.75) is 70.4 Å². The van der Waals surface area contributed by atoms with Crippen LogP contribution in [0.1, 0.15) is 59.3 Å². The summed E-state index contributed by atoms with van der Waals surface area (Å²) in [5.41, 5.74) is 4.18. The van der Waals surface area contributed by atoms with Crippen molar-refractivity contribution in [1.29, 1.82) is 0 Å². The monoisotopic (exact) mass is 270 g/mol. The number of carboxylic acids is 1. The van der Waals surface area contributed by atoms with Crippen LogP contribution in [0.2, 0.25) is 0 Å². The number of carboxylic acid groups (broad SMARTS) is 1. The molecule has 1 amide bonds. The highest BCUT2D eigenvalue weighted by molar-refractivity contribution is 5.92. The molecule has 110 valence electrons. The van der Waals surface area contributed by atoms with Gasteiger partial charge in [-0.05, 0) is 32.1 Å². The molecule has 0 aromatic rings. The maximum Gasteiger partial charge on any atom is 0.329 e. The number of hydrogen-bond acceptors (Lipinski definition) is 3. The van der Waals surface area contributed by atoms with Crippen molar-refractivity contribution in [3.8, 4) is 0 Å². The summed E-state index contributed by atoms with van der Waals surface area (Å²) in [6.07, 6.45) is 3.57. The Bertz CT molecular complexity index is 353. The van der Waals surface area contributed by atoms with E-state index in [-0.39, 0.29) is 5.91 Å². The van der Waals surface area contributed by atoms with Gasteiger partial charge in [-0.25, -0.2) is 4.79 Å². The number of rotatable bonds is 6. The van der Waals surface area contributed by atoms with Gasteiger partial charge >= 0.3 is 5.97 Å². The molecule has 1 aliphatic rings. The summed E-state index contributed by atoms with van der Waals surface area (Å²) in [5.74, 6) is -1.10. The van der Waals surface area contributed by atoms with Crippen molar-refractivity contribution in [3.05, 3.63) is 0 Å². The molecule has 1 aliphatic heterocycles. The van der Waals surface area contributed by atoms with Crippen LogP contribution >= 0.6 is 0 Å². The van der Waals surface area contributed by atoms with E-state index in [0.29, 0.717) is 32.2 Å². The molecule has 0 aliphatic carbocycles. The maximum absolute atomic E-state index is 12.7. The van der Waals surface area contributed by atoms with Gasteiger partial charge in [-0.2, -0.15) is 0 Å². The predicted molar refractivity (Wildman–Crippen MR) is 73.7 cm³/mol. The van der Waals surface area contributed by atoms with Gasteiger partial charge in [0.15, 0.2) is 0 Å². The number of carbonyl (C=O) groups is 2. The Kier molecular flexibility index (Phi) is 4.96. The van der Waals surface area contributed by atoms with Gasteiger partial charge in [0.2, 0.25) is 5.91 Å². The van der Waals surface area contributed by atoms with Crippen molar-refractivity contribution in [2.75, 3.05) is 6.54 Å². The predicted octanol–water partition coefficient (Wildman–Crippen LogP) is 1.75. The molecule has 0 aromatic carbocycles. The minimum atomic E-state index is -1.04. The van der Waals surface area contributed by atoms with E-state index in [2.05, 4.69) is 0 Å².